The van der Waals surface area contributed by atoms with E-state index in [4.69, 9.17) is 11.5 Å². The molecule has 294 valence electrons. The number of hydrogen-bond donors (Lipinski definition) is 6. The van der Waals surface area contributed by atoms with Gasteiger partial charge in [0.05, 0.1) is 35.6 Å². The van der Waals surface area contributed by atoms with Crippen molar-refractivity contribution in [1.29, 1.82) is 0 Å². The lowest BCUT2D eigenvalue weighted by molar-refractivity contribution is -0.128. The fraction of sp³-hybridized carbons (Fsp3) is 0.341. The Bertz CT molecular complexity index is 2140. The van der Waals surface area contributed by atoms with Crippen LogP contribution in [0.2, 0.25) is 0 Å². The van der Waals surface area contributed by atoms with Crippen LogP contribution in [0.3, 0.4) is 0 Å². The average Bonchev–Trinajstić information content (AvgIpc) is 3.14. The standard InChI is InChI=1S/C41H46F2N8O5/c1-5-14-41(42,43)29-11-9-27(10-12-29)38-47-23(3)35(24(4)48-38)40(56)50-31(13-15-44)39(55)51-36-22(2)16-26-18-30(36)28-8-6-7-25(17-28)20-33(52)46-21-34(53)49-32(19-26)37(45)54/h6-12,16-18,31-32H,5,13-15,19-21,44H2,1-4H3,(H2,45,54)(H,46,52)(H,49,53)(H,50,56)(H,51,55)/t31-,32?/m0/s1. The molecule has 8 N–H and O–H groups in total. The molecule has 4 bridgehead atoms. The highest BCUT2D eigenvalue weighted by atomic mass is 19.3. The number of nitrogens with one attached hydrogen (secondary N) is 4. The van der Waals surface area contributed by atoms with Crippen molar-refractivity contribution in [1.82, 2.24) is 25.9 Å². The molecule has 1 unspecified atom stereocenters. The Morgan fingerprint density at radius 3 is 2.29 bits per heavy atom. The Balaban J connectivity index is 1.43. The topological polar surface area (TPSA) is 211 Å². The van der Waals surface area contributed by atoms with Crippen LogP contribution < -0.4 is 32.7 Å². The van der Waals surface area contributed by atoms with Crippen LogP contribution in [0.1, 0.15) is 70.2 Å². The van der Waals surface area contributed by atoms with E-state index in [1.165, 1.54) is 24.3 Å². The van der Waals surface area contributed by atoms with Crippen LogP contribution >= 0.6 is 0 Å². The number of benzene rings is 3. The predicted octanol–water partition coefficient (Wildman–Crippen LogP) is 3.90. The van der Waals surface area contributed by atoms with Gasteiger partial charge in [0.15, 0.2) is 5.82 Å². The molecule has 56 heavy (non-hydrogen) atoms. The smallest absolute Gasteiger partial charge is 0.273 e. The second-order valence-electron chi connectivity index (χ2n) is 13.9. The molecule has 3 aromatic carbocycles. The molecule has 2 atom stereocenters. The Morgan fingerprint density at radius 2 is 1.64 bits per heavy atom. The van der Waals surface area contributed by atoms with Gasteiger partial charge in [0.1, 0.15) is 12.1 Å². The van der Waals surface area contributed by atoms with Crippen LogP contribution in [0.15, 0.2) is 60.7 Å². The number of amides is 5. The van der Waals surface area contributed by atoms with Gasteiger partial charge in [-0.25, -0.2) is 18.7 Å². The number of primary amides is 1. The van der Waals surface area contributed by atoms with Crippen LogP contribution in [0.25, 0.3) is 22.5 Å². The van der Waals surface area contributed by atoms with Crippen molar-refractivity contribution in [3.63, 3.8) is 0 Å². The maximum atomic E-state index is 14.4. The SMILES string of the molecule is CCCC(F)(F)c1ccc(-c2nc(C)c(C(=O)N[C@@H](CCN)C(=O)Nc3c(C)cc4cc3-c3cccc(c3)CC(=O)NCC(=O)NC(C(N)=O)C4)c(C)n2)cc1. The van der Waals surface area contributed by atoms with E-state index in [0.29, 0.717) is 56.9 Å². The minimum Gasteiger partial charge on any atom is -0.368 e. The third kappa shape index (κ3) is 9.76. The van der Waals surface area contributed by atoms with Crippen molar-refractivity contribution >= 4 is 35.2 Å². The lowest BCUT2D eigenvalue weighted by Crippen LogP contribution is -2.49. The number of fused-ring (bicyclic) bond motifs is 5. The van der Waals surface area contributed by atoms with Gasteiger partial charge < -0.3 is 32.7 Å². The third-order valence-electron chi connectivity index (χ3n) is 9.52. The highest BCUT2D eigenvalue weighted by Crippen LogP contribution is 2.35. The molecule has 0 fully saturated rings. The number of aryl methyl sites for hydroxylation is 3. The molecule has 1 aliphatic heterocycles. The largest absolute Gasteiger partial charge is 0.368 e. The highest BCUT2D eigenvalue weighted by Gasteiger charge is 2.31. The molecule has 1 aromatic heterocycles. The maximum absolute atomic E-state index is 14.4. The summed E-state index contributed by atoms with van der Waals surface area (Å²) in [4.78, 5) is 74.3. The van der Waals surface area contributed by atoms with E-state index in [-0.39, 0.29) is 55.7 Å². The van der Waals surface area contributed by atoms with Gasteiger partial charge in [-0.3, -0.25) is 24.0 Å². The number of halogens is 2. The molecular weight excluding hydrogens is 722 g/mol. The summed E-state index contributed by atoms with van der Waals surface area (Å²) in [5, 5.41) is 10.9. The van der Waals surface area contributed by atoms with E-state index in [1.807, 2.05) is 6.07 Å². The molecule has 15 heteroatoms. The molecule has 4 aromatic rings. The normalized spacial score (nSPS) is 15.2. The van der Waals surface area contributed by atoms with Crippen LogP contribution in [-0.2, 0) is 37.9 Å². The first-order chi connectivity index (χ1) is 26.6. The van der Waals surface area contributed by atoms with Crippen LogP contribution in [-0.4, -0.2) is 64.7 Å². The molecule has 1 aliphatic rings. The summed E-state index contributed by atoms with van der Waals surface area (Å²) in [5.41, 5.74) is 16.3. The Labute approximate surface area is 323 Å². The molecule has 0 aliphatic carbocycles. The van der Waals surface area contributed by atoms with E-state index in [2.05, 4.69) is 31.2 Å². The van der Waals surface area contributed by atoms with Crippen LogP contribution in [0.4, 0.5) is 14.5 Å². The van der Waals surface area contributed by atoms with Gasteiger partial charge in [-0.2, -0.15) is 0 Å². The summed E-state index contributed by atoms with van der Waals surface area (Å²) >= 11 is 0. The van der Waals surface area contributed by atoms with E-state index < -0.39 is 47.5 Å². The summed E-state index contributed by atoms with van der Waals surface area (Å²) in [6, 6.07) is 14.3. The summed E-state index contributed by atoms with van der Waals surface area (Å²) in [5.74, 6) is -5.59. The molecule has 5 rings (SSSR count). The quantitative estimate of drug-likeness (QED) is 0.131. The first-order valence-corrected chi connectivity index (χ1v) is 18.3. The predicted molar refractivity (Wildman–Crippen MR) is 207 cm³/mol. The van der Waals surface area contributed by atoms with E-state index in [1.54, 1.807) is 58.0 Å². The summed E-state index contributed by atoms with van der Waals surface area (Å²) in [6.07, 6.45) is 0.167. The molecular formula is C41H46F2N8O5. The van der Waals surface area contributed by atoms with Gasteiger partial charge in [0.25, 0.3) is 11.8 Å². The average molecular weight is 769 g/mol. The van der Waals surface area contributed by atoms with Gasteiger partial charge in [0.2, 0.25) is 23.6 Å². The van der Waals surface area contributed by atoms with Crippen molar-refractivity contribution < 1.29 is 32.8 Å². The zero-order chi connectivity index (χ0) is 40.7. The van der Waals surface area contributed by atoms with Crippen molar-refractivity contribution in [2.24, 2.45) is 11.5 Å². The number of carbonyl (C=O) groups excluding carboxylic acids is 5. The summed E-state index contributed by atoms with van der Waals surface area (Å²) < 4.78 is 28.9. The van der Waals surface area contributed by atoms with E-state index >= 15 is 0 Å². The fourth-order valence-electron chi connectivity index (χ4n) is 6.72. The van der Waals surface area contributed by atoms with Crippen molar-refractivity contribution in [2.75, 3.05) is 18.4 Å². The molecule has 0 saturated carbocycles. The molecule has 0 spiro atoms. The highest BCUT2D eigenvalue weighted by molar-refractivity contribution is 6.04. The van der Waals surface area contributed by atoms with Crippen LogP contribution in [0.5, 0.6) is 0 Å². The first-order valence-electron chi connectivity index (χ1n) is 18.3. The summed E-state index contributed by atoms with van der Waals surface area (Å²) in [6.45, 7) is 6.46. The monoisotopic (exact) mass is 768 g/mol. The lowest BCUT2D eigenvalue weighted by Gasteiger charge is -2.23. The second-order valence-corrected chi connectivity index (χ2v) is 13.9. The molecule has 0 saturated heterocycles. The number of aromatic nitrogens is 2. The zero-order valence-corrected chi connectivity index (χ0v) is 31.7. The number of alkyl halides is 2. The molecule has 2 heterocycles. The van der Waals surface area contributed by atoms with Crippen molar-refractivity contribution in [2.45, 2.75) is 77.8 Å². The number of nitrogens with two attached hydrogens (primary N) is 2. The van der Waals surface area contributed by atoms with Crippen molar-refractivity contribution in [3.05, 3.63) is 99.9 Å². The van der Waals surface area contributed by atoms with E-state index in [9.17, 15) is 32.8 Å². The van der Waals surface area contributed by atoms with E-state index in [0.717, 1.165) is 0 Å². The maximum Gasteiger partial charge on any atom is 0.273 e. The minimum atomic E-state index is -2.95. The minimum absolute atomic E-state index is 0.0287. The first kappa shape index (κ1) is 41.1. The Hall–Kier alpha value is -6.09. The number of anilines is 1. The second kappa shape index (κ2) is 17.6. The zero-order valence-electron chi connectivity index (χ0n) is 31.7. The van der Waals surface area contributed by atoms with Crippen LogP contribution in [0, 0.1) is 20.8 Å². The Kier molecular flexibility index (Phi) is 12.9. The molecule has 0 radical (unpaired) electrons. The number of hydrogen-bond acceptors (Lipinski definition) is 8. The van der Waals surface area contributed by atoms with Gasteiger partial charge in [-0.1, -0.05) is 67.9 Å². The lowest BCUT2D eigenvalue weighted by atomic mass is 9.93. The summed E-state index contributed by atoms with van der Waals surface area (Å²) in [7, 11) is 0. The van der Waals surface area contributed by atoms with Gasteiger partial charge >= 0.3 is 0 Å². The number of nitrogens with zero attached hydrogens (tertiary/aromatic N) is 2. The van der Waals surface area contributed by atoms with Gasteiger partial charge in [0, 0.05) is 29.5 Å². The van der Waals surface area contributed by atoms with Crippen molar-refractivity contribution in [3.8, 4) is 22.5 Å². The van der Waals surface area contributed by atoms with Gasteiger partial charge in [-0.15, -0.1) is 0 Å². The molecule has 5 amide bonds. The van der Waals surface area contributed by atoms with Gasteiger partial charge in [-0.05, 0) is 62.1 Å². The third-order valence-corrected chi connectivity index (χ3v) is 9.52. The molecule has 13 nitrogen and oxygen atoms in total. The number of carbonyl (C=O) groups is 5. The number of rotatable bonds is 11. The Morgan fingerprint density at radius 1 is 0.946 bits per heavy atom. The fourth-order valence-corrected chi connectivity index (χ4v) is 6.72.